The van der Waals surface area contributed by atoms with Crippen molar-refractivity contribution in [2.45, 2.75) is 6.92 Å². The van der Waals surface area contributed by atoms with Crippen molar-refractivity contribution in [1.29, 1.82) is 0 Å². The molecule has 2 aromatic carbocycles. The van der Waals surface area contributed by atoms with Crippen molar-refractivity contribution >= 4 is 22.8 Å². The highest BCUT2D eigenvalue weighted by Gasteiger charge is 2.09. The van der Waals surface area contributed by atoms with Crippen LogP contribution in [0.15, 0.2) is 48.6 Å². The number of hydrogen-bond acceptors (Lipinski definition) is 5. The Morgan fingerprint density at radius 1 is 1.21 bits per heavy atom. The third-order valence-electron chi connectivity index (χ3n) is 3.20. The Morgan fingerprint density at radius 3 is 2.71 bits per heavy atom. The SMILES string of the molecule is C=C(C)C(=O)OCCNC(=O)Oc1cccc2cc(OC)ccc12. The van der Waals surface area contributed by atoms with Crippen LogP contribution in [-0.2, 0) is 9.53 Å². The first-order valence-electron chi connectivity index (χ1n) is 7.36. The first kappa shape index (κ1) is 17.3. The molecule has 24 heavy (non-hydrogen) atoms. The molecule has 6 heteroatoms. The number of nitrogens with one attached hydrogen (secondary N) is 1. The van der Waals surface area contributed by atoms with Crippen LogP contribution in [0.1, 0.15) is 6.92 Å². The fraction of sp³-hybridized carbons (Fsp3) is 0.222. The maximum absolute atomic E-state index is 11.8. The average Bonchev–Trinajstić information content (AvgIpc) is 2.58. The molecular formula is C18H19NO5. The van der Waals surface area contributed by atoms with Gasteiger partial charge in [0.15, 0.2) is 0 Å². The van der Waals surface area contributed by atoms with Crippen molar-refractivity contribution in [3.05, 3.63) is 48.6 Å². The van der Waals surface area contributed by atoms with E-state index in [4.69, 9.17) is 14.2 Å². The van der Waals surface area contributed by atoms with Crippen LogP contribution in [0.5, 0.6) is 11.5 Å². The van der Waals surface area contributed by atoms with Gasteiger partial charge >= 0.3 is 12.1 Å². The number of ether oxygens (including phenoxy) is 3. The molecule has 6 nitrogen and oxygen atoms in total. The van der Waals surface area contributed by atoms with Crippen LogP contribution in [0, 0.1) is 0 Å². The molecular weight excluding hydrogens is 310 g/mol. The summed E-state index contributed by atoms with van der Waals surface area (Å²) in [6.07, 6.45) is -0.621. The number of hydrogen-bond donors (Lipinski definition) is 1. The quantitative estimate of drug-likeness (QED) is 0.501. The van der Waals surface area contributed by atoms with Crippen molar-refractivity contribution in [1.82, 2.24) is 5.32 Å². The Hall–Kier alpha value is -3.02. The van der Waals surface area contributed by atoms with Crippen molar-refractivity contribution < 1.29 is 23.8 Å². The molecule has 0 unspecified atom stereocenters. The second-order valence-electron chi connectivity index (χ2n) is 5.08. The third-order valence-corrected chi connectivity index (χ3v) is 3.20. The van der Waals surface area contributed by atoms with Crippen molar-refractivity contribution in [2.75, 3.05) is 20.3 Å². The molecule has 0 fully saturated rings. The molecule has 0 atom stereocenters. The van der Waals surface area contributed by atoms with E-state index in [9.17, 15) is 9.59 Å². The van der Waals surface area contributed by atoms with E-state index in [-0.39, 0.29) is 13.2 Å². The second kappa shape index (κ2) is 8.01. The fourth-order valence-corrected chi connectivity index (χ4v) is 2.00. The van der Waals surface area contributed by atoms with E-state index in [0.29, 0.717) is 11.3 Å². The predicted octanol–water partition coefficient (Wildman–Crippen LogP) is 3.06. The van der Waals surface area contributed by atoms with Gasteiger partial charge in [-0.3, -0.25) is 0 Å². The van der Waals surface area contributed by atoms with E-state index in [1.165, 1.54) is 0 Å². The number of esters is 1. The van der Waals surface area contributed by atoms with E-state index in [1.807, 2.05) is 18.2 Å². The molecule has 0 heterocycles. The minimum Gasteiger partial charge on any atom is -0.497 e. The normalized spacial score (nSPS) is 10.1. The van der Waals surface area contributed by atoms with Gasteiger partial charge in [-0.05, 0) is 36.6 Å². The zero-order valence-electron chi connectivity index (χ0n) is 13.6. The van der Waals surface area contributed by atoms with Crippen molar-refractivity contribution in [2.24, 2.45) is 0 Å². The number of amides is 1. The van der Waals surface area contributed by atoms with Gasteiger partial charge in [-0.1, -0.05) is 18.7 Å². The fourth-order valence-electron chi connectivity index (χ4n) is 2.00. The molecule has 1 N–H and O–H groups in total. The summed E-state index contributed by atoms with van der Waals surface area (Å²) < 4.78 is 15.4. The maximum atomic E-state index is 11.8. The zero-order chi connectivity index (χ0) is 17.5. The van der Waals surface area contributed by atoms with Gasteiger partial charge in [0.1, 0.15) is 18.1 Å². The minimum absolute atomic E-state index is 0.0491. The number of methoxy groups -OCH3 is 1. The molecule has 0 bridgehead atoms. The molecule has 2 aromatic rings. The first-order valence-corrected chi connectivity index (χ1v) is 7.36. The molecule has 0 aromatic heterocycles. The molecule has 0 radical (unpaired) electrons. The van der Waals surface area contributed by atoms with Gasteiger partial charge in [0, 0.05) is 11.0 Å². The van der Waals surface area contributed by atoms with Crippen LogP contribution in [0.3, 0.4) is 0 Å². The smallest absolute Gasteiger partial charge is 0.412 e. The largest absolute Gasteiger partial charge is 0.497 e. The third kappa shape index (κ3) is 4.49. The lowest BCUT2D eigenvalue weighted by molar-refractivity contribution is -0.138. The lowest BCUT2D eigenvalue weighted by Gasteiger charge is -2.10. The summed E-state index contributed by atoms with van der Waals surface area (Å²) in [4.78, 5) is 23.0. The molecule has 0 aliphatic rings. The predicted molar refractivity (Wildman–Crippen MR) is 90.3 cm³/mol. The highest BCUT2D eigenvalue weighted by Crippen LogP contribution is 2.28. The lowest BCUT2D eigenvalue weighted by Crippen LogP contribution is -2.30. The Labute approximate surface area is 140 Å². The Balaban J connectivity index is 1.93. The van der Waals surface area contributed by atoms with Crippen LogP contribution in [0.25, 0.3) is 10.8 Å². The molecule has 2 rings (SSSR count). The van der Waals surface area contributed by atoms with Gasteiger partial charge < -0.3 is 19.5 Å². The average molecular weight is 329 g/mol. The van der Waals surface area contributed by atoms with Crippen LogP contribution in [-0.4, -0.2) is 32.3 Å². The highest BCUT2D eigenvalue weighted by atomic mass is 16.6. The van der Waals surface area contributed by atoms with Gasteiger partial charge in [-0.25, -0.2) is 9.59 Å². The number of rotatable bonds is 6. The number of carbonyl (C=O) groups is 2. The van der Waals surface area contributed by atoms with Gasteiger partial charge in [-0.15, -0.1) is 0 Å². The van der Waals surface area contributed by atoms with Gasteiger partial charge in [0.2, 0.25) is 0 Å². The number of carbonyl (C=O) groups excluding carboxylic acids is 2. The monoisotopic (exact) mass is 329 g/mol. The lowest BCUT2D eigenvalue weighted by atomic mass is 10.1. The van der Waals surface area contributed by atoms with Crippen LogP contribution in [0.2, 0.25) is 0 Å². The molecule has 126 valence electrons. The van der Waals surface area contributed by atoms with Crippen LogP contribution < -0.4 is 14.8 Å². The van der Waals surface area contributed by atoms with Gasteiger partial charge in [0.05, 0.1) is 13.7 Å². The van der Waals surface area contributed by atoms with E-state index in [0.717, 1.165) is 16.5 Å². The van der Waals surface area contributed by atoms with Crippen LogP contribution >= 0.6 is 0 Å². The summed E-state index contributed by atoms with van der Waals surface area (Å²) in [5, 5.41) is 4.21. The Kier molecular flexibility index (Phi) is 5.78. The Bertz CT molecular complexity index is 769. The van der Waals surface area contributed by atoms with E-state index >= 15 is 0 Å². The minimum atomic E-state index is -0.621. The van der Waals surface area contributed by atoms with Gasteiger partial charge in [0.25, 0.3) is 0 Å². The summed E-state index contributed by atoms with van der Waals surface area (Å²) in [5.74, 6) is 0.670. The molecule has 0 saturated carbocycles. The Morgan fingerprint density at radius 2 is 2.00 bits per heavy atom. The van der Waals surface area contributed by atoms with E-state index in [2.05, 4.69) is 11.9 Å². The van der Waals surface area contributed by atoms with Crippen molar-refractivity contribution in [3.63, 3.8) is 0 Å². The highest BCUT2D eigenvalue weighted by molar-refractivity contribution is 5.91. The molecule has 0 spiro atoms. The summed E-state index contributed by atoms with van der Waals surface area (Å²) >= 11 is 0. The topological polar surface area (TPSA) is 73.9 Å². The van der Waals surface area contributed by atoms with Crippen molar-refractivity contribution in [3.8, 4) is 11.5 Å². The second-order valence-corrected chi connectivity index (χ2v) is 5.08. The molecule has 0 aliphatic heterocycles. The summed E-state index contributed by atoms with van der Waals surface area (Å²) in [5.41, 5.74) is 0.309. The van der Waals surface area contributed by atoms with Crippen LogP contribution in [0.4, 0.5) is 4.79 Å². The maximum Gasteiger partial charge on any atom is 0.412 e. The summed E-state index contributed by atoms with van der Waals surface area (Å²) in [6.45, 7) is 5.22. The van der Waals surface area contributed by atoms with Gasteiger partial charge in [-0.2, -0.15) is 0 Å². The summed E-state index contributed by atoms with van der Waals surface area (Å²) in [6, 6.07) is 10.9. The molecule has 1 amide bonds. The van der Waals surface area contributed by atoms with E-state index < -0.39 is 12.1 Å². The summed E-state index contributed by atoms with van der Waals surface area (Å²) in [7, 11) is 1.59. The molecule has 0 aliphatic carbocycles. The molecule has 0 saturated heterocycles. The first-order chi connectivity index (χ1) is 11.5. The number of benzene rings is 2. The van der Waals surface area contributed by atoms with E-state index in [1.54, 1.807) is 32.2 Å². The standard InChI is InChI=1S/C18H19NO5/c1-12(2)17(20)23-10-9-19-18(21)24-16-6-4-5-13-11-14(22-3)7-8-15(13)16/h4-8,11H,1,9-10H2,2-3H3,(H,19,21). The zero-order valence-corrected chi connectivity index (χ0v) is 13.6. The number of fused-ring (bicyclic) bond motifs is 1.